The van der Waals surface area contributed by atoms with Crippen molar-refractivity contribution in [1.82, 2.24) is 20.1 Å². The van der Waals surface area contributed by atoms with Gasteiger partial charge in [0.1, 0.15) is 11.7 Å². The molecule has 3 rings (SSSR count). The summed E-state index contributed by atoms with van der Waals surface area (Å²) in [5.41, 5.74) is 1.17. The van der Waals surface area contributed by atoms with Crippen LogP contribution in [0.3, 0.4) is 0 Å². The average Bonchev–Trinajstić information content (AvgIpc) is 3.29. The quantitative estimate of drug-likeness (QED) is 0.704. The zero-order valence-corrected chi connectivity index (χ0v) is 19.6. The Morgan fingerprint density at radius 2 is 2.16 bits per heavy atom. The van der Waals surface area contributed by atoms with Gasteiger partial charge in [-0.2, -0.15) is 0 Å². The smallest absolute Gasteiger partial charge is 0.317 e. The highest BCUT2D eigenvalue weighted by Gasteiger charge is 2.34. The van der Waals surface area contributed by atoms with E-state index in [1.54, 1.807) is 29.1 Å². The summed E-state index contributed by atoms with van der Waals surface area (Å²) in [5, 5.41) is 12.9. The molecule has 0 spiro atoms. The van der Waals surface area contributed by atoms with Gasteiger partial charge in [-0.05, 0) is 38.3 Å². The molecule has 1 fully saturated rings. The van der Waals surface area contributed by atoms with E-state index in [0.29, 0.717) is 18.7 Å². The van der Waals surface area contributed by atoms with E-state index in [1.807, 2.05) is 32.9 Å². The molecule has 32 heavy (non-hydrogen) atoms. The third-order valence-electron chi connectivity index (χ3n) is 6.38. The van der Waals surface area contributed by atoms with E-state index in [9.17, 15) is 14.7 Å². The number of allylic oxidation sites excluding steroid dienone is 1. The van der Waals surface area contributed by atoms with Crippen molar-refractivity contribution in [1.29, 1.82) is 0 Å². The molecular weight excluding hydrogens is 408 g/mol. The number of aliphatic hydroxyl groups is 1. The van der Waals surface area contributed by atoms with Crippen LogP contribution in [0.25, 0.3) is 6.08 Å². The van der Waals surface area contributed by atoms with Crippen LogP contribution >= 0.6 is 0 Å². The van der Waals surface area contributed by atoms with Gasteiger partial charge in [-0.15, -0.1) is 0 Å². The van der Waals surface area contributed by atoms with Gasteiger partial charge in [0.05, 0.1) is 19.2 Å². The molecule has 0 radical (unpaired) electrons. The highest BCUT2D eigenvalue weighted by Crippen LogP contribution is 2.28. The lowest BCUT2D eigenvalue weighted by molar-refractivity contribution is 0.0351. The summed E-state index contributed by atoms with van der Waals surface area (Å²) in [6, 6.07) is 1.56. The minimum atomic E-state index is -0.352. The number of aliphatic hydroxyl groups excluding tert-OH is 1. The molecule has 1 aliphatic heterocycles. The molecule has 2 aliphatic rings. The maximum Gasteiger partial charge on any atom is 0.317 e. The van der Waals surface area contributed by atoms with Crippen LogP contribution in [-0.2, 0) is 0 Å². The Balaban J connectivity index is 1.85. The van der Waals surface area contributed by atoms with Gasteiger partial charge in [0.25, 0.3) is 5.91 Å². The predicted molar refractivity (Wildman–Crippen MR) is 124 cm³/mol. The number of hydrogen-bond donors (Lipinski definition) is 2. The van der Waals surface area contributed by atoms with E-state index in [4.69, 9.17) is 4.74 Å². The summed E-state index contributed by atoms with van der Waals surface area (Å²) < 4.78 is 6.24. The van der Waals surface area contributed by atoms with E-state index in [-0.39, 0.29) is 48.5 Å². The molecule has 0 bridgehead atoms. The van der Waals surface area contributed by atoms with Crippen LogP contribution in [0.5, 0.6) is 5.88 Å². The Morgan fingerprint density at radius 1 is 1.44 bits per heavy atom. The number of nitrogens with zero attached hydrogens (tertiary/aromatic N) is 3. The molecule has 8 heteroatoms. The summed E-state index contributed by atoms with van der Waals surface area (Å²) in [5.74, 6) is -0.0163. The first-order valence-electron chi connectivity index (χ1n) is 11.6. The maximum absolute atomic E-state index is 13.3. The van der Waals surface area contributed by atoms with E-state index in [1.165, 1.54) is 0 Å². The number of carbonyl (C=O) groups excluding carboxylic acids is 2. The van der Waals surface area contributed by atoms with Gasteiger partial charge in [0, 0.05) is 31.7 Å². The number of fused-ring (bicyclic) bond motifs is 1. The highest BCUT2D eigenvalue weighted by atomic mass is 16.5. The van der Waals surface area contributed by atoms with E-state index in [0.717, 1.165) is 31.2 Å². The van der Waals surface area contributed by atoms with E-state index < -0.39 is 0 Å². The fraction of sp³-hybridized carbons (Fsp3) is 0.625. The molecule has 1 saturated carbocycles. The van der Waals surface area contributed by atoms with Crippen molar-refractivity contribution in [2.45, 2.75) is 64.6 Å². The standard InChI is InChI=1S/C24H36N4O4/c1-5-8-18-11-20-22(25-12-18)32-21(16(2)13-28(23(20)30)17(3)15-29)14-27(4)24(31)26-19-9-6-7-10-19/h5,8,11-12,16-17,19,21,29H,6-7,9-10,13-15H2,1-4H3,(H,26,31)/b8-5+/t16-,17+,21-/m0/s1. The first-order chi connectivity index (χ1) is 15.3. The second-order valence-electron chi connectivity index (χ2n) is 9.06. The number of rotatable bonds is 6. The van der Waals surface area contributed by atoms with Gasteiger partial charge in [-0.25, -0.2) is 9.78 Å². The average molecular weight is 445 g/mol. The Morgan fingerprint density at radius 3 is 2.81 bits per heavy atom. The third kappa shape index (κ3) is 5.59. The molecule has 0 unspecified atom stereocenters. The normalized spacial score (nSPS) is 22.8. The van der Waals surface area contributed by atoms with Crippen LogP contribution in [0.15, 0.2) is 18.3 Å². The Labute approximate surface area is 190 Å². The van der Waals surface area contributed by atoms with E-state index in [2.05, 4.69) is 10.3 Å². The fourth-order valence-electron chi connectivity index (χ4n) is 4.33. The Kier molecular flexibility index (Phi) is 8.12. The zero-order chi connectivity index (χ0) is 23.3. The van der Waals surface area contributed by atoms with Crippen molar-refractivity contribution < 1.29 is 19.4 Å². The molecule has 2 N–H and O–H groups in total. The van der Waals surface area contributed by atoms with Crippen LogP contribution in [0.1, 0.15) is 62.4 Å². The highest BCUT2D eigenvalue weighted by molar-refractivity contribution is 5.97. The van der Waals surface area contributed by atoms with Crippen molar-refractivity contribution in [2.24, 2.45) is 5.92 Å². The first-order valence-corrected chi connectivity index (χ1v) is 11.6. The SMILES string of the molecule is C/C=C/c1cnc2c(c1)C(=O)N([C@H](C)CO)C[C@H](C)[C@H](CN(C)C(=O)NC1CCCC1)O2. The molecular formula is C24H36N4O4. The minimum Gasteiger partial charge on any atom is -0.472 e. The number of urea groups is 1. The number of amides is 3. The van der Waals surface area contributed by atoms with Crippen molar-refractivity contribution in [3.8, 4) is 5.88 Å². The van der Waals surface area contributed by atoms with E-state index >= 15 is 0 Å². The van der Waals surface area contributed by atoms with Gasteiger partial charge in [0.15, 0.2) is 0 Å². The molecule has 3 atom stereocenters. The van der Waals surface area contributed by atoms with Gasteiger partial charge in [-0.3, -0.25) is 4.79 Å². The molecule has 1 aromatic heterocycles. The molecule has 3 amide bonds. The second-order valence-corrected chi connectivity index (χ2v) is 9.06. The second kappa shape index (κ2) is 10.8. The maximum atomic E-state index is 13.3. The molecule has 2 heterocycles. The minimum absolute atomic E-state index is 0.0696. The number of hydrogen-bond acceptors (Lipinski definition) is 5. The number of nitrogens with one attached hydrogen (secondary N) is 1. The zero-order valence-electron chi connectivity index (χ0n) is 19.6. The van der Waals surface area contributed by atoms with Crippen molar-refractivity contribution in [3.63, 3.8) is 0 Å². The lowest BCUT2D eigenvalue weighted by atomic mass is 10.00. The first kappa shape index (κ1) is 24.0. The Hall–Kier alpha value is -2.61. The van der Waals surface area contributed by atoms with Crippen LogP contribution in [0.2, 0.25) is 0 Å². The number of carbonyl (C=O) groups is 2. The van der Waals surface area contributed by atoms with Gasteiger partial charge in [0.2, 0.25) is 5.88 Å². The van der Waals surface area contributed by atoms with Gasteiger partial charge < -0.3 is 25.0 Å². The van der Waals surface area contributed by atoms with Crippen LogP contribution in [0, 0.1) is 5.92 Å². The van der Waals surface area contributed by atoms with Gasteiger partial charge in [-0.1, -0.05) is 31.9 Å². The molecule has 0 aromatic carbocycles. The lowest BCUT2D eigenvalue weighted by Gasteiger charge is -2.37. The molecule has 1 aliphatic carbocycles. The lowest BCUT2D eigenvalue weighted by Crippen LogP contribution is -2.52. The van der Waals surface area contributed by atoms with Crippen LogP contribution in [-0.4, -0.2) is 76.8 Å². The topological polar surface area (TPSA) is 95.0 Å². The summed E-state index contributed by atoms with van der Waals surface area (Å²) in [6.07, 6.45) is 9.44. The van der Waals surface area contributed by atoms with Crippen LogP contribution < -0.4 is 10.1 Å². The fourth-order valence-corrected chi connectivity index (χ4v) is 4.33. The van der Waals surface area contributed by atoms with Crippen molar-refractivity contribution in [3.05, 3.63) is 29.5 Å². The van der Waals surface area contributed by atoms with Crippen molar-refractivity contribution in [2.75, 3.05) is 26.7 Å². The number of ether oxygens (including phenoxy) is 1. The summed E-state index contributed by atoms with van der Waals surface area (Å²) in [6.45, 7) is 6.37. The largest absolute Gasteiger partial charge is 0.472 e. The number of pyridine rings is 1. The summed E-state index contributed by atoms with van der Waals surface area (Å²) in [7, 11) is 1.77. The Bertz CT molecular complexity index is 837. The van der Waals surface area contributed by atoms with Gasteiger partial charge >= 0.3 is 6.03 Å². The van der Waals surface area contributed by atoms with Crippen molar-refractivity contribution >= 4 is 18.0 Å². The number of likely N-dealkylation sites (N-methyl/N-ethyl adjacent to an activating group) is 1. The monoisotopic (exact) mass is 444 g/mol. The summed E-state index contributed by atoms with van der Waals surface area (Å²) >= 11 is 0. The van der Waals surface area contributed by atoms with Crippen LogP contribution in [0.4, 0.5) is 4.79 Å². The molecule has 0 saturated heterocycles. The molecule has 176 valence electrons. The summed E-state index contributed by atoms with van der Waals surface area (Å²) in [4.78, 5) is 33.8. The predicted octanol–water partition coefficient (Wildman–Crippen LogP) is 2.92. The molecule has 8 nitrogen and oxygen atoms in total. The molecule has 1 aromatic rings. The third-order valence-corrected chi connectivity index (χ3v) is 6.38. The number of aromatic nitrogens is 1.